The molecule has 2 heterocycles. The first kappa shape index (κ1) is 18.1. The number of halogens is 3. The number of nitrogens with one attached hydrogen (secondary N) is 1. The molecule has 0 aliphatic rings. The fourth-order valence-corrected chi connectivity index (χ4v) is 2.97. The zero-order valence-corrected chi connectivity index (χ0v) is 14.5. The van der Waals surface area contributed by atoms with Gasteiger partial charge in [-0.2, -0.15) is 13.2 Å². The molecule has 0 spiro atoms. The Balaban J connectivity index is 2.14. The van der Waals surface area contributed by atoms with Gasteiger partial charge in [-0.05, 0) is 37.1 Å². The Hall–Kier alpha value is -2.75. The highest BCUT2D eigenvalue weighted by atomic mass is 32.1. The number of hydrogen-bond acceptors (Lipinski definition) is 5. The maximum Gasteiger partial charge on any atom is 0.438 e. The number of fused-ring (bicyclic) bond motifs is 1. The molecule has 0 saturated heterocycles. The summed E-state index contributed by atoms with van der Waals surface area (Å²) in [5.41, 5.74) is -1.23. The lowest BCUT2D eigenvalue weighted by Gasteiger charge is -2.14. The second-order valence-electron chi connectivity index (χ2n) is 5.66. The Morgan fingerprint density at radius 1 is 1.27 bits per heavy atom. The normalized spacial score (nSPS) is 11.7. The highest BCUT2D eigenvalue weighted by molar-refractivity contribution is 7.13. The van der Waals surface area contributed by atoms with Gasteiger partial charge in [-0.1, -0.05) is 0 Å². The molecule has 1 amide bonds. The highest BCUT2D eigenvalue weighted by Gasteiger charge is 2.37. The lowest BCUT2D eigenvalue weighted by molar-refractivity contribution is -0.142. The number of carbonyl (C=O) groups excluding carboxylic acids is 1. The van der Waals surface area contributed by atoms with Crippen LogP contribution in [0.25, 0.3) is 11.0 Å². The molecule has 0 bridgehead atoms. The number of aromatic nitrogens is 3. The molecule has 0 aliphatic carbocycles. The average Bonchev–Trinajstić information content (AvgIpc) is 3.03. The second-order valence-corrected chi connectivity index (χ2v) is 6.55. The van der Waals surface area contributed by atoms with E-state index >= 15 is 0 Å². The minimum Gasteiger partial charge on any atom is -0.300 e. The topological polar surface area (TPSA) is 76.9 Å². The fraction of sp³-hybridized carbons (Fsp3) is 0.250. The van der Waals surface area contributed by atoms with E-state index in [0.717, 1.165) is 27.0 Å². The lowest BCUT2D eigenvalue weighted by Crippen LogP contribution is -2.34. The van der Waals surface area contributed by atoms with Crippen LogP contribution < -0.4 is 10.9 Å². The molecule has 2 aromatic heterocycles. The van der Waals surface area contributed by atoms with Crippen molar-refractivity contribution in [2.45, 2.75) is 26.6 Å². The molecular weight excluding hydrogens is 369 g/mol. The van der Waals surface area contributed by atoms with Gasteiger partial charge in [0.05, 0.1) is 11.0 Å². The summed E-state index contributed by atoms with van der Waals surface area (Å²) < 4.78 is 40.4. The molecular formula is C16H13F3N4O2S. The molecule has 0 aliphatic heterocycles. The molecule has 0 radical (unpaired) electrons. The number of rotatable bonds is 3. The van der Waals surface area contributed by atoms with Gasteiger partial charge in [-0.3, -0.25) is 14.2 Å². The summed E-state index contributed by atoms with van der Waals surface area (Å²) in [5, 5.41) is 4.39. The van der Waals surface area contributed by atoms with E-state index in [0.29, 0.717) is 5.13 Å². The maximum atomic E-state index is 13.2. The smallest absolute Gasteiger partial charge is 0.300 e. The summed E-state index contributed by atoms with van der Waals surface area (Å²) in [5.74, 6) is -0.652. The standard InChI is InChI=1S/C16H13F3N4O2S/c1-8-5-10-11(6-9(8)2)23(14(25)13(21-10)16(17,18)19)7-12(24)22-15-20-3-4-26-15/h3-6H,7H2,1-2H3,(H,20,22,24). The summed E-state index contributed by atoms with van der Waals surface area (Å²) in [6, 6.07) is 3.02. The van der Waals surface area contributed by atoms with Crippen LogP contribution in [0.4, 0.5) is 18.3 Å². The third-order valence-electron chi connectivity index (χ3n) is 3.81. The van der Waals surface area contributed by atoms with Crippen LogP contribution in [0, 0.1) is 13.8 Å². The van der Waals surface area contributed by atoms with E-state index in [1.807, 2.05) is 0 Å². The Labute approximate surface area is 149 Å². The van der Waals surface area contributed by atoms with Crippen LogP contribution in [0.15, 0.2) is 28.5 Å². The van der Waals surface area contributed by atoms with Crippen LogP contribution in [0.5, 0.6) is 0 Å². The first-order valence-corrected chi connectivity index (χ1v) is 8.33. The van der Waals surface area contributed by atoms with E-state index in [-0.39, 0.29) is 11.0 Å². The number of aryl methyl sites for hydroxylation is 2. The van der Waals surface area contributed by atoms with E-state index in [9.17, 15) is 22.8 Å². The van der Waals surface area contributed by atoms with Crippen molar-refractivity contribution in [2.24, 2.45) is 0 Å². The molecule has 10 heteroatoms. The maximum absolute atomic E-state index is 13.2. The molecule has 0 fully saturated rings. The molecule has 1 N–H and O–H groups in total. The van der Waals surface area contributed by atoms with E-state index in [1.54, 1.807) is 25.3 Å². The predicted molar refractivity (Wildman–Crippen MR) is 91.2 cm³/mol. The summed E-state index contributed by atoms with van der Waals surface area (Å²) in [4.78, 5) is 31.9. The third kappa shape index (κ3) is 3.45. The number of alkyl halides is 3. The van der Waals surface area contributed by atoms with Gasteiger partial charge in [0.25, 0.3) is 5.56 Å². The van der Waals surface area contributed by atoms with Gasteiger partial charge in [0.2, 0.25) is 11.6 Å². The third-order valence-corrected chi connectivity index (χ3v) is 4.50. The van der Waals surface area contributed by atoms with Crippen molar-refractivity contribution in [1.29, 1.82) is 0 Å². The quantitative estimate of drug-likeness (QED) is 0.755. The zero-order valence-electron chi connectivity index (χ0n) is 13.7. The van der Waals surface area contributed by atoms with Gasteiger partial charge in [0.1, 0.15) is 6.54 Å². The Morgan fingerprint density at radius 3 is 2.58 bits per heavy atom. The van der Waals surface area contributed by atoms with Crippen molar-refractivity contribution in [3.05, 3.63) is 50.9 Å². The van der Waals surface area contributed by atoms with Gasteiger partial charge < -0.3 is 5.32 Å². The zero-order chi connectivity index (χ0) is 19.1. The predicted octanol–water partition coefficient (Wildman–Crippen LogP) is 3.13. The van der Waals surface area contributed by atoms with Crippen LogP contribution >= 0.6 is 11.3 Å². The summed E-state index contributed by atoms with van der Waals surface area (Å²) in [6.45, 7) is 2.91. The molecule has 136 valence electrons. The summed E-state index contributed by atoms with van der Waals surface area (Å²) in [6.07, 6.45) is -3.44. The molecule has 26 heavy (non-hydrogen) atoms. The number of anilines is 1. The fourth-order valence-electron chi connectivity index (χ4n) is 2.43. The number of nitrogens with zero attached hydrogens (tertiary/aromatic N) is 3. The van der Waals surface area contributed by atoms with E-state index in [2.05, 4.69) is 15.3 Å². The SMILES string of the molecule is Cc1cc2nc(C(F)(F)F)c(=O)n(CC(=O)Nc3nccs3)c2cc1C. The Kier molecular flexibility index (Phi) is 4.53. The van der Waals surface area contributed by atoms with Crippen molar-refractivity contribution in [3.8, 4) is 0 Å². The second kappa shape index (κ2) is 6.52. The van der Waals surface area contributed by atoms with Crippen LogP contribution in [0.3, 0.4) is 0 Å². The van der Waals surface area contributed by atoms with Gasteiger partial charge in [0, 0.05) is 11.6 Å². The van der Waals surface area contributed by atoms with Crippen molar-refractivity contribution in [3.63, 3.8) is 0 Å². The van der Waals surface area contributed by atoms with Crippen molar-refractivity contribution in [2.75, 3.05) is 5.32 Å². The van der Waals surface area contributed by atoms with E-state index in [4.69, 9.17) is 0 Å². The van der Waals surface area contributed by atoms with Crippen LogP contribution in [0.1, 0.15) is 16.8 Å². The van der Waals surface area contributed by atoms with Crippen LogP contribution in [-0.4, -0.2) is 20.4 Å². The molecule has 3 aromatic rings. The molecule has 3 rings (SSSR count). The first-order chi connectivity index (χ1) is 12.2. The summed E-state index contributed by atoms with van der Waals surface area (Å²) in [7, 11) is 0. The Bertz CT molecular complexity index is 1040. The van der Waals surface area contributed by atoms with Crippen LogP contribution in [-0.2, 0) is 17.5 Å². The number of benzene rings is 1. The molecule has 0 atom stereocenters. The monoisotopic (exact) mass is 382 g/mol. The van der Waals surface area contributed by atoms with Gasteiger partial charge >= 0.3 is 6.18 Å². The number of hydrogen-bond donors (Lipinski definition) is 1. The van der Waals surface area contributed by atoms with E-state index in [1.165, 1.54) is 12.3 Å². The minimum atomic E-state index is -4.92. The average molecular weight is 382 g/mol. The number of carbonyl (C=O) groups is 1. The van der Waals surface area contributed by atoms with Crippen LogP contribution in [0.2, 0.25) is 0 Å². The molecule has 0 unspecified atom stereocenters. The van der Waals surface area contributed by atoms with Crippen molar-refractivity contribution in [1.82, 2.24) is 14.5 Å². The first-order valence-electron chi connectivity index (χ1n) is 7.45. The molecule has 1 aromatic carbocycles. The highest BCUT2D eigenvalue weighted by Crippen LogP contribution is 2.27. The summed E-state index contributed by atoms with van der Waals surface area (Å²) >= 11 is 1.16. The Morgan fingerprint density at radius 2 is 1.96 bits per heavy atom. The van der Waals surface area contributed by atoms with Gasteiger partial charge in [-0.15, -0.1) is 11.3 Å². The van der Waals surface area contributed by atoms with Crippen molar-refractivity contribution >= 4 is 33.4 Å². The van der Waals surface area contributed by atoms with Gasteiger partial charge in [-0.25, -0.2) is 9.97 Å². The largest absolute Gasteiger partial charge is 0.438 e. The lowest BCUT2D eigenvalue weighted by atomic mass is 10.1. The molecule has 0 saturated carbocycles. The minimum absolute atomic E-state index is 0.00192. The molecule has 6 nitrogen and oxygen atoms in total. The van der Waals surface area contributed by atoms with Crippen molar-refractivity contribution < 1.29 is 18.0 Å². The number of amides is 1. The van der Waals surface area contributed by atoms with Gasteiger partial charge in [0.15, 0.2) is 5.13 Å². The van der Waals surface area contributed by atoms with E-state index < -0.39 is 29.9 Å². The number of thiazole rings is 1.